The Hall–Kier alpha value is -1.11. The van der Waals surface area contributed by atoms with E-state index in [4.69, 9.17) is 5.11 Å². The molecule has 0 aromatic rings. The Morgan fingerprint density at radius 1 is 1.16 bits per heavy atom. The lowest BCUT2D eigenvalue weighted by Gasteiger charge is -2.19. The van der Waals surface area contributed by atoms with E-state index in [2.05, 4.69) is 5.32 Å². The van der Waals surface area contributed by atoms with Gasteiger partial charge >= 0.3 is 5.97 Å². The van der Waals surface area contributed by atoms with Crippen molar-refractivity contribution in [2.45, 2.75) is 45.6 Å². The third-order valence-corrected chi connectivity index (χ3v) is 3.67. The fraction of sp³-hybridized carbons (Fsp3) is 0.833. The van der Waals surface area contributed by atoms with Crippen LogP contribution in [-0.2, 0) is 19.4 Å². The van der Waals surface area contributed by atoms with E-state index in [-0.39, 0.29) is 11.8 Å². The van der Waals surface area contributed by atoms with Crippen LogP contribution in [0.2, 0.25) is 0 Å². The predicted molar refractivity (Wildman–Crippen MR) is 72.6 cm³/mol. The highest BCUT2D eigenvalue weighted by Crippen LogP contribution is 2.14. The maximum Gasteiger partial charge on any atom is 0.327 e. The molecule has 0 unspecified atom stereocenters. The normalized spacial score (nSPS) is 13.3. The standard InChI is InChI=1S/C12H23NO5S/c1-4-6-9(7-5-2)11(14)13-10(12(15)16)8-19(3,17)18/h9-10H,4-8H2,1-3H3,(H,13,14)(H,15,16)/t10-/m0/s1. The van der Waals surface area contributed by atoms with Crippen LogP contribution in [-0.4, -0.2) is 43.5 Å². The second-order valence-electron chi connectivity index (χ2n) is 4.77. The van der Waals surface area contributed by atoms with Gasteiger partial charge in [0.2, 0.25) is 5.91 Å². The van der Waals surface area contributed by atoms with Gasteiger partial charge in [0.1, 0.15) is 15.9 Å². The minimum atomic E-state index is -3.46. The second-order valence-corrected chi connectivity index (χ2v) is 6.95. The number of carboxylic acid groups (broad SMARTS) is 1. The van der Waals surface area contributed by atoms with Crippen LogP contribution in [0.25, 0.3) is 0 Å². The Balaban J connectivity index is 4.73. The van der Waals surface area contributed by atoms with Gasteiger partial charge in [-0.1, -0.05) is 26.7 Å². The van der Waals surface area contributed by atoms with Crippen molar-refractivity contribution >= 4 is 21.7 Å². The molecule has 112 valence electrons. The summed E-state index contributed by atoms with van der Waals surface area (Å²) in [6, 6.07) is -1.38. The molecule has 0 saturated heterocycles. The SMILES string of the molecule is CCCC(CCC)C(=O)N[C@@H](CS(C)(=O)=O)C(=O)O. The first-order chi connectivity index (χ1) is 8.71. The molecule has 6 nitrogen and oxygen atoms in total. The molecule has 0 heterocycles. The molecule has 0 radical (unpaired) electrons. The lowest BCUT2D eigenvalue weighted by Crippen LogP contribution is -2.47. The minimum Gasteiger partial charge on any atom is -0.480 e. The summed E-state index contributed by atoms with van der Waals surface area (Å²) in [5, 5.41) is 11.3. The molecule has 0 saturated carbocycles. The summed E-state index contributed by atoms with van der Waals surface area (Å²) < 4.78 is 22.3. The average Bonchev–Trinajstić information content (AvgIpc) is 2.25. The smallest absolute Gasteiger partial charge is 0.327 e. The van der Waals surface area contributed by atoms with Gasteiger partial charge in [0, 0.05) is 12.2 Å². The average molecular weight is 293 g/mol. The van der Waals surface area contributed by atoms with Gasteiger partial charge in [-0.15, -0.1) is 0 Å². The Bertz CT molecular complexity index is 398. The van der Waals surface area contributed by atoms with E-state index in [1.54, 1.807) is 0 Å². The summed E-state index contributed by atoms with van der Waals surface area (Å²) in [5.41, 5.74) is 0. The number of hydrogen-bond donors (Lipinski definition) is 2. The van der Waals surface area contributed by atoms with Gasteiger partial charge < -0.3 is 10.4 Å². The van der Waals surface area contributed by atoms with Gasteiger partial charge in [0.15, 0.2) is 0 Å². The van der Waals surface area contributed by atoms with E-state index in [1.165, 1.54) is 0 Å². The van der Waals surface area contributed by atoms with Crippen molar-refractivity contribution in [1.82, 2.24) is 5.32 Å². The van der Waals surface area contributed by atoms with Gasteiger partial charge in [0.25, 0.3) is 0 Å². The van der Waals surface area contributed by atoms with Crippen molar-refractivity contribution < 1.29 is 23.1 Å². The van der Waals surface area contributed by atoms with Gasteiger partial charge in [-0.25, -0.2) is 13.2 Å². The highest BCUT2D eigenvalue weighted by Gasteiger charge is 2.27. The van der Waals surface area contributed by atoms with Crippen LogP contribution in [0.4, 0.5) is 0 Å². The van der Waals surface area contributed by atoms with E-state index < -0.39 is 27.6 Å². The molecule has 0 bridgehead atoms. The van der Waals surface area contributed by atoms with Crippen LogP contribution in [0, 0.1) is 5.92 Å². The number of carbonyl (C=O) groups is 2. The summed E-state index contributed by atoms with van der Waals surface area (Å²) in [4.78, 5) is 22.9. The highest BCUT2D eigenvalue weighted by atomic mass is 32.2. The third-order valence-electron chi connectivity index (χ3n) is 2.73. The fourth-order valence-electron chi connectivity index (χ4n) is 1.87. The van der Waals surface area contributed by atoms with Crippen LogP contribution in [0.15, 0.2) is 0 Å². The van der Waals surface area contributed by atoms with Crippen molar-refractivity contribution in [3.05, 3.63) is 0 Å². The molecule has 0 aliphatic heterocycles. The van der Waals surface area contributed by atoms with Gasteiger partial charge in [-0.2, -0.15) is 0 Å². The van der Waals surface area contributed by atoms with Crippen molar-refractivity contribution in [1.29, 1.82) is 0 Å². The zero-order valence-electron chi connectivity index (χ0n) is 11.7. The first kappa shape index (κ1) is 17.9. The summed E-state index contributed by atoms with van der Waals surface area (Å²) >= 11 is 0. The zero-order valence-corrected chi connectivity index (χ0v) is 12.5. The molecule has 0 aromatic heterocycles. The molecule has 0 aliphatic carbocycles. The van der Waals surface area contributed by atoms with Crippen LogP contribution >= 0.6 is 0 Å². The van der Waals surface area contributed by atoms with Crippen LogP contribution in [0.5, 0.6) is 0 Å². The first-order valence-corrected chi connectivity index (χ1v) is 8.48. The van der Waals surface area contributed by atoms with Crippen molar-refractivity contribution in [3.8, 4) is 0 Å². The Kier molecular flexibility index (Phi) is 7.66. The number of hydrogen-bond acceptors (Lipinski definition) is 4. The van der Waals surface area contributed by atoms with Gasteiger partial charge in [-0.3, -0.25) is 4.79 Å². The molecule has 7 heteroatoms. The van der Waals surface area contributed by atoms with Gasteiger partial charge in [-0.05, 0) is 12.8 Å². The molecular formula is C12H23NO5S. The van der Waals surface area contributed by atoms with Crippen molar-refractivity contribution in [2.75, 3.05) is 12.0 Å². The van der Waals surface area contributed by atoms with Crippen LogP contribution < -0.4 is 5.32 Å². The molecule has 0 aliphatic rings. The number of rotatable bonds is 9. The molecule has 0 fully saturated rings. The maximum absolute atomic E-state index is 12.0. The molecular weight excluding hydrogens is 270 g/mol. The summed E-state index contributed by atoms with van der Waals surface area (Å²) in [5.74, 6) is -2.54. The van der Waals surface area contributed by atoms with E-state index in [0.29, 0.717) is 12.8 Å². The predicted octanol–water partition coefficient (Wildman–Crippen LogP) is 0.817. The van der Waals surface area contributed by atoms with E-state index in [1.807, 2.05) is 13.8 Å². The lowest BCUT2D eigenvalue weighted by atomic mass is 9.97. The summed E-state index contributed by atoms with van der Waals surface area (Å²) in [7, 11) is -3.46. The molecule has 0 aromatic carbocycles. The summed E-state index contributed by atoms with van der Waals surface area (Å²) in [6.45, 7) is 3.89. The Morgan fingerprint density at radius 2 is 1.63 bits per heavy atom. The number of amides is 1. The molecule has 1 amide bonds. The Morgan fingerprint density at radius 3 is 1.95 bits per heavy atom. The maximum atomic E-state index is 12.0. The first-order valence-electron chi connectivity index (χ1n) is 6.42. The topological polar surface area (TPSA) is 101 Å². The van der Waals surface area contributed by atoms with Crippen LogP contribution in [0.1, 0.15) is 39.5 Å². The van der Waals surface area contributed by atoms with E-state index in [9.17, 15) is 18.0 Å². The zero-order chi connectivity index (χ0) is 15.1. The molecule has 19 heavy (non-hydrogen) atoms. The monoisotopic (exact) mass is 293 g/mol. The molecule has 1 atom stereocenters. The fourth-order valence-corrected chi connectivity index (χ4v) is 2.70. The number of nitrogens with one attached hydrogen (secondary N) is 1. The minimum absolute atomic E-state index is 0.253. The second kappa shape index (κ2) is 8.14. The number of carboxylic acids is 1. The van der Waals surface area contributed by atoms with E-state index in [0.717, 1.165) is 19.1 Å². The Labute approximate surface area is 114 Å². The largest absolute Gasteiger partial charge is 0.480 e. The van der Waals surface area contributed by atoms with Gasteiger partial charge in [0.05, 0.1) is 5.75 Å². The number of aliphatic carboxylic acids is 1. The number of carbonyl (C=O) groups excluding carboxylic acids is 1. The molecule has 0 rings (SSSR count). The summed E-state index contributed by atoms with van der Waals surface area (Å²) in [6.07, 6.45) is 3.93. The van der Waals surface area contributed by atoms with Crippen molar-refractivity contribution in [3.63, 3.8) is 0 Å². The quantitative estimate of drug-likeness (QED) is 0.655. The van der Waals surface area contributed by atoms with E-state index >= 15 is 0 Å². The van der Waals surface area contributed by atoms with Crippen molar-refractivity contribution in [2.24, 2.45) is 5.92 Å². The molecule has 2 N–H and O–H groups in total. The molecule has 0 spiro atoms. The van der Waals surface area contributed by atoms with Crippen LogP contribution in [0.3, 0.4) is 0 Å². The number of sulfone groups is 1. The third kappa shape index (κ3) is 7.81. The lowest BCUT2D eigenvalue weighted by molar-refractivity contribution is -0.141. The highest BCUT2D eigenvalue weighted by molar-refractivity contribution is 7.90.